The molecule has 0 aliphatic heterocycles. The molecular weight excluding hydrogens is 230 g/mol. The van der Waals surface area contributed by atoms with Crippen LogP contribution in [0.15, 0.2) is 24.3 Å². The Morgan fingerprint density at radius 2 is 2.00 bits per heavy atom. The average Bonchev–Trinajstić information content (AvgIpc) is 3.08. The van der Waals surface area contributed by atoms with Crippen molar-refractivity contribution in [3.63, 3.8) is 0 Å². The van der Waals surface area contributed by atoms with Crippen LogP contribution in [-0.2, 0) is 16.0 Å². The van der Waals surface area contributed by atoms with Gasteiger partial charge in [0.1, 0.15) is 0 Å². The van der Waals surface area contributed by atoms with Crippen LogP contribution in [0.3, 0.4) is 0 Å². The molecule has 18 heavy (non-hydrogen) atoms. The molecule has 1 aromatic carbocycles. The molecule has 0 radical (unpaired) electrons. The average molecular weight is 245 g/mol. The molecule has 1 saturated carbocycles. The first-order chi connectivity index (χ1) is 8.66. The molecule has 0 saturated heterocycles. The summed E-state index contributed by atoms with van der Waals surface area (Å²) in [4.78, 5) is 22.6. The number of hydrogen-bond acceptors (Lipinski definition) is 2. The Morgan fingerprint density at radius 3 is 2.72 bits per heavy atom. The van der Waals surface area contributed by atoms with Crippen LogP contribution in [-0.4, -0.2) is 17.0 Å². The molecule has 3 rings (SSSR count). The van der Waals surface area contributed by atoms with Gasteiger partial charge < -0.3 is 10.4 Å². The molecule has 1 amide bonds. The molecule has 0 bridgehead atoms. The van der Waals surface area contributed by atoms with Crippen molar-refractivity contribution in [1.29, 1.82) is 0 Å². The first kappa shape index (κ1) is 11.3. The lowest BCUT2D eigenvalue weighted by Crippen LogP contribution is -2.29. The van der Waals surface area contributed by atoms with Crippen LogP contribution < -0.4 is 5.32 Å². The van der Waals surface area contributed by atoms with Gasteiger partial charge in [-0.1, -0.05) is 24.3 Å². The van der Waals surface area contributed by atoms with Crippen molar-refractivity contribution in [3.8, 4) is 0 Å². The SMILES string of the molecule is O=C(O)C1CC1C(=O)NC1CCc2ccccc21. The maximum absolute atomic E-state index is 11.9. The number of aliphatic carboxylic acids is 1. The zero-order valence-electron chi connectivity index (χ0n) is 9.93. The summed E-state index contributed by atoms with van der Waals surface area (Å²) in [6.45, 7) is 0. The van der Waals surface area contributed by atoms with Gasteiger partial charge in [-0.3, -0.25) is 9.59 Å². The van der Waals surface area contributed by atoms with Gasteiger partial charge in [-0.2, -0.15) is 0 Å². The van der Waals surface area contributed by atoms with Gasteiger partial charge in [0.2, 0.25) is 5.91 Å². The number of fused-ring (bicyclic) bond motifs is 1. The van der Waals surface area contributed by atoms with E-state index in [1.807, 2.05) is 18.2 Å². The summed E-state index contributed by atoms with van der Waals surface area (Å²) in [6.07, 6.45) is 2.37. The Bertz CT molecular complexity index is 512. The summed E-state index contributed by atoms with van der Waals surface area (Å²) in [6, 6.07) is 8.15. The number of carboxylic acids is 1. The third-order valence-electron chi connectivity index (χ3n) is 3.89. The summed E-state index contributed by atoms with van der Waals surface area (Å²) in [5.41, 5.74) is 2.46. The summed E-state index contributed by atoms with van der Waals surface area (Å²) in [5, 5.41) is 11.8. The molecule has 4 nitrogen and oxygen atoms in total. The number of nitrogens with one attached hydrogen (secondary N) is 1. The molecule has 0 heterocycles. The van der Waals surface area contributed by atoms with Crippen LogP contribution in [0, 0.1) is 11.8 Å². The van der Waals surface area contributed by atoms with Crippen molar-refractivity contribution in [2.24, 2.45) is 11.8 Å². The molecule has 2 aliphatic carbocycles. The fourth-order valence-corrected chi connectivity index (χ4v) is 2.74. The molecule has 0 aromatic heterocycles. The summed E-state index contributed by atoms with van der Waals surface area (Å²) in [5.74, 6) is -1.76. The standard InChI is InChI=1S/C14H15NO3/c16-13(10-7-11(10)14(17)18)15-12-6-5-8-3-1-2-4-9(8)12/h1-4,10-12H,5-7H2,(H,15,16)(H,17,18). The number of rotatable bonds is 3. The normalized spacial score (nSPS) is 28.6. The smallest absolute Gasteiger partial charge is 0.307 e. The summed E-state index contributed by atoms with van der Waals surface area (Å²) < 4.78 is 0. The highest BCUT2D eigenvalue weighted by Crippen LogP contribution is 2.40. The lowest BCUT2D eigenvalue weighted by Gasteiger charge is -2.13. The van der Waals surface area contributed by atoms with Crippen molar-refractivity contribution in [2.45, 2.75) is 25.3 Å². The zero-order valence-corrected chi connectivity index (χ0v) is 9.93. The van der Waals surface area contributed by atoms with Crippen LogP contribution in [0.5, 0.6) is 0 Å². The zero-order chi connectivity index (χ0) is 12.7. The van der Waals surface area contributed by atoms with E-state index in [1.165, 1.54) is 11.1 Å². The summed E-state index contributed by atoms with van der Waals surface area (Å²) in [7, 11) is 0. The highest BCUT2D eigenvalue weighted by Gasteiger charge is 2.48. The lowest BCUT2D eigenvalue weighted by atomic mass is 10.1. The minimum absolute atomic E-state index is 0.0590. The van der Waals surface area contributed by atoms with E-state index in [0.717, 1.165) is 12.8 Å². The maximum Gasteiger partial charge on any atom is 0.307 e. The second-order valence-corrected chi connectivity index (χ2v) is 5.09. The van der Waals surface area contributed by atoms with E-state index in [9.17, 15) is 9.59 Å². The van der Waals surface area contributed by atoms with E-state index in [1.54, 1.807) is 0 Å². The molecular formula is C14H15NO3. The minimum Gasteiger partial charge on any atom is -0.481 e. The lowest BCUT2D eigenvalue weighted by molar-refractivity contribution is -0.140. The highest BCUT2D eigenvalue weighted by molar-refractivity contribution is 5.89. The van der Waals surface area contributed by atoms with Crippen LogP contribution in [0.25, 0.3) is 0 Å². The van der Waals surface area contributed by atoms with E-state index in [4.69, 9.17) is 5.11 Å². The van der Waals surface area contributed by atoms with Crippen LogP contribution in [0.2, 0.25) is 0 Å². The molecule has 2 N–H and O–H groups in total. The van der Waals surface area contributed by atoms with E-state index < -0.39 is 11.9 Å². The van der Waals surface area contributed by atoms with Crippen molar-refractivity contribution in [1.82, 2.24) is 5.32 Å². The summed E-state index contributed by atoms with van der Waals surface area (Å²) >= 11 is 0. The van der Waals surface area contributed by atoms with Gasteiger partial charge in [-0.25, -0.2) is 0 Å². The maximum atomic E-state index is 11.9. The van der Waals surface area contributed by atoms with Crippen LogP contribution in [0.4, 0.5) is 0 Å². The van der Waals surface area contributed by atoms with Gasteiger partial charge in [0.25, 0.3) is 0 Å². The van der Waals surface area contributed by atoms with E-state index >= 15 is 0 Å². The van der Waals surface area contributed by atoms with Crippen LogP contribution >= 0.6 is 0 Å². The number of carbonyl (C=O) groups excluding carboxylic acids is 1. The van der Waals surface area contributed by atoms with Gasteiger partial charge in [0, 0.05) is 0 Å². The Morgan fingerprint density at radius 1 is 1.22 bits per heavy atom. The van der Waals surface area contributed by atoms with Gasteiger partial charge in [-0.15, -0.1) is 0 Å². The third-order valence-corrected chi connectivity index (χ3v) is 3.89. The molecule has 0 spiro atoms. The predicted molar refractivity (Wildman–Crippen MR) is 64.9 cm³/mol. The fourth-order valence-electron chi connectivity index (χ4n) is 2.74. The van der Waals surface area contributed by atoms with Crippen molar-refractivity contribution in [3.05, 3.63) is 35.4 Å². The van der Waals surface area contributed by atoms with E-state index in [0.29, 0.717) is 6.42 Å². The largest absolute Gasteiger partial charge is 0.481 e. The van der Waals surface area contributed by atoms with Crippen molar-refractivity contribution >= 4 is 11.9 Å². The van der Waals surface area contributed by atoms with Gasteiger partial charge in [-0.05, 0) is 30.4 Å². The second-order valence-electron chi connectivity index (χ2n) is 5.09. The van der Waals surface area contributed by atoms with Gasteiger partial charge >= 0.3 is 5.97 Å². The minimum atomic E-state index is -0.859. The molecule has 2 aliphatic rings. The quantitative estimate of drug-likeness (QED) is 0.848. The van der Waals surface area contributed by atoms with Crippen molar-refractivity contribution in [2.75, 3.05) is 0 Å². The molecule has 4 heteroatoms. The molecule has 94 valence electrons. The third kappa shape index (κ3) is 1.88. The Hall–Kier alpha value is -1.84. The number of hydrogen-bond donors (Lipinski definition) is 2. The monoisotopic (exact) mass is 245 g/mol. The topological polar surface area (TPSA) is 66.4 Å². The Balaban J connectivity index is 1.65. The number of carbonyl (C=O) groups is 2. The highest BCUT2D eigenvalue weighted by atomic mass is 16.4. The Labute approximate surface area is 105 Å². The molecule has 1 fully saturated rings. The Kier molecular flexibility index (Phi) is 2.58. The van der Waals surface area contributed by atoms with Gasteiger partial charge in [0.15, 0.2) is 0 Å². The second kappa shape index (κ2) is 4.12. The number of benzene rings is 1. The van der Waals surface area contributed by atoms with Gasteiger partial charge in [0.05, 0.1) is 17.9 Å². The van der Waals surface area contributed by atoms with E-state index in [-0.39, 0.29) is 17.9 Å². The number of carboxylic acid groups (broad SMARTS) is 1. The molecule has 3 atom stereocenters. The number of aryl methyl sites for hydroxylation is 1. The van der Waals surface area contributed by atoms with E-state index in [2.05, 4.69) is 11.4 Å². The fraction of sp³-hybridized carbons (Fsp3) is 0.429. The molecule has 1 aromatic rings. The van der Waals surface area contributed by atoms with Crippen molar-refractivity contribution < 1.29 is 14.7 Å². The van der Waals surface area contributed by atoms with Crippen LogP contribution in [0.1, 0.15) is 30.0 Å². The predicted octanol–water partition coefficient (Wildman–Crippen LogP) is 1.51. The number of amides is 1. The first-order valence-electron chi connectivity index (χ1n) is 6.28. The molecule has 3 unspecified atom stereocenters. The first-order valence-corrected chi connectivity index (χ1v) is 6.28.